The van der Waals surface area contributed by atoms with Gasteiger partial charge in [-0.1, -0.05) is 266 Å². The van der Waals surface area contributed by atoms with Crippen molar-refractivity contribution in [2.24, 2.45) is 5.92 Å². The normalized spacial score (nSPS) is 16.6. The predicted molar refractivity (Wildman–Crippen MR) is 270 cm³/mol. The standard InChI is InChI=1S/C55H41P3S2/c59-57(45-33-17-5-18-34-45,46-35-19-6-20-36-46)54-50(42-27-11-2-12-28-42)52-49(41-25-9-1-10-26-41)53(44-31-15-4-16-32-44)56(54)55(51(52)43-29-13-3-14-30-43)58(60,47-37-21-7-22-38-47)48-39-23-8-24-40-48/h1-40,52H. The van der Waals surface area contributed by atoms with Gasteiger partial charge in [0.25, 0.3) is 0 Å². The molecule has 8 aromatic rings. The summed E-state index contributed by atoms with van der Waals surface area (Å²) in [6.07, 6.45) is 0. The maximum absolute atomic E-state index is 7.62. The highest BCUT2D eigenvalue weighted by atomic mass is 32.4. The van der Waals surface area contributed by atoms with Crippen molar-refractivity contribution < 1.29 is 0 Å². The Balaban J connectivity index is 1.47. The summed E-state index contributed by atoms with van der Waals surface area (Å²) >= 11 is 15.2. The molecule has 0 aliphatic carbocycles. The third-order valence-corrected chi connectivity index (χ3v) is 27.1. The van der Waals surface area contributed by atoms with Gasteiger partial charge in [-0.3, -0.25) is 0 Å². The molecule has 0 N–H and O–H groups in total. The van der Waals surface area contributed by atoms with Gasteiger partial charge >= 0.3 is 0 Å². The van der Waals surface area contributed by atoms with Crippen molar-refractivity contribution in [2.75, 3.05) is 0 Å². The number of rotatable bonds is 10. The van der Waals surface area contributed by atoms with Crippen LogP contribution in [0.5, 0.6) is 0 Å². The highest BCUT2D eigenvalue weighted by Crippen LogP contribution is 2.89. The Kier molecular flexibility index (Phi) is 10.8. The first-order valence-electron chi connectivity index (χ1n) is 20.3. The van der Waals surface area contributed by atoms with Gasteiger partial charge in [0, 0.05) is 28.1 Å². The van der Waals surface area contributed by atoms with Gasteiger partial charge in [0.2, 0.25) is 0 Å². The lowest BCUT2D eigenvalue weighted by atomic mass is 9.76. The summed E-state index contributed by atoms with van der Waals surface area (Å²) in [6.45, 7) is 0. The van der Waals surface area contributed by atoms with Crippen molar-refractivity contribution in [3.63, 3.8) is 0 Å². The average Bonchev–Trinajstić information content (AvgIpc) is 3.35. The molecule has 0 atom stereocenters. The van der Waals surface area contributed by atoms with Crippen molar-refractivity contribution in [1.29, 1.82) is 0 Å². The van der Waals surface area contributed by atoms with Crippen molar-refractivity contribution in [2.45, 2.75) is 0 Å². The number of hydrogen-bond acceptors (Lipinski definition) is 2. The molecule has 0 saturated heterocycles. The SMILES string of the molecule is S=P(C1=C(c2ccccc2)C2C(c3ccccc3)=C(c3ccccc3)P1C(P(=S)(c1ccccc1)c1ccccc1)=C2c1ccccc1)(c1ccccc1)c1ccccc1. The first-order valence-corrected chi connectivity index (χ1v) is 27.2. The molecule has 3 aliphatic heterocycles. The number of allylic oxidation sites excluding steroid dienone is 3. The van der Waals surface area contributed by atoms with E-state index < -0.39 is 20.0 Å². The van der Waals surface area contributed by atoms with Crippen LogP contribution in [0.3, 0.4) is 0 Å². The van der Waals surface area contributed by atoms with Crippen molar-refractivity contribution in [3.8, 4) is 0 Å². The maximum atomic E-state index is 7.62. The Labute approximate surface area is 365 Å². The largest absolute Gasteiger partial charge is 0.0825 e. The van der Waals surface area contributed by atoms with Gasteiger partial charge in [0.1, 0.15) is 0 Å². The van der Waals surface area contributed by atoms with Gasteiger partial charge in [-0.25, -0.2) is 0 Å². The summed E-state index contributed by atoms with van der Waals surface area (Å²) < 4.78 is 0. The van der Waals surface area contributed by atoms with Gasteiger partial charge in [-0.2, -0.15) is 0 Å². The van der Waals surface area contributed by atoms with Gasteiger partial charge in [0.15, 0.2) is 0 Å². The molecule has 0 aromatic heterocycles. The van der Waals surface area contributed by atoms with Crippen LogP contribution < -0.4 is 21.2 Å². The third kappa shape index (κ3) is 6.55. The molecule has 0 amide bonds. The van der Waals surface area contributed by atoms with E-state index in [4.69, 9.17) is 23.6 Å². The number of hydrogen-bond donors (Lipinski definition) is 0. The highest BCUT2D eigenvalue weighted by molar-refractivity contribution is 8.31. The molecule has 288 valence electrons. The summed E-state index contributed by atoms with van der Waals surface area (Å²) in [7, 11) is -1.40. The van der Waals surface area contributed by atoms with Gasteiger partial charge in [0.05, 0.1) is 0 Å². The zero-order valence-electron chi connectivity index (χ0n) is 32.8. The van der Waals surface area contributed by atoms with Crippen molar-refractivity contribution >= 4 is 86.9 Å². The molecule has 0 unspecified atom stereocenters. The maximum Gasteiger partial charge on any atom is 0.0393 e. The molecular formula is C55H41P3S2. The molecule has 0 radical (unpaired) electrons. The van der Waals surface area contributed by atoms with Crippen LogP contribution in [0.15, 0.2) is 253 Å². The molecule has 11 rings (SSSR count). The monoisotopic (exact) mass is 858 g/mol. The average molecular weight is 859 g/mol. The van der Waals surface area contributed by atoms with E-state index in [0.717, 1.165) is 0 Å². The minimum absolute atomic E-state index is 0.186. The van der Waals surface area contributed by atoms with Gasteiger partial charge < -0.3 is 0 Å². The zero-order chi connectivity index (χ0) is 40.5. The van der Waals surface area contributed by atoms with Gasteiger partial charge in [-0.15, -0.1) is 0 Å². The quantitative estimate of drug-likeness (QED) is 0.126. The summed E-state index contributed by atoms with van der Waals surface area (Å²) in [4.78, 5) is 0. The van der Waals surface area contributed by atoms with Crippen LogP contribution in [0.1, 0.15) is 22.3 Å². The Bertz CT molecular complexity index is 2740. The topological polar surface area (TPSA) is 0 Å². The van der Waals surface area contributed by atoms with Crippen LogP contribution in [-0.4, -0.2) is 0 Å². The second-order valence-electron chi connectivity index (χ2n) is 15.0. The summed E-state index contributed by atoms with van der Waals surface area (Å²) in [5.41, 5.74) is 8.91. The molecule has 2 bridgehead atoms. The number of benzene rings is 8. The summed E-state index contributed by atoms with van der Waals surface area (Å²) in [5.74, 6) is -0.186. The van der Waals surface area contributed by atoms with E-state index in [1.807, 2.05) is 0 Å². The van der Waals surface area contributed by atoms with Crippen LogP contribution >= 0.6 is 20.0 Å². The molecule has 8 aromatic carbocycles. The molecule has 3 aliphatic rings. The van der Waals surface area contributed by atoms with Crippen LogP contribution in [0.25, 0.3) is 22.0 Å². The molecule has 5 heteroatoms. The Morgan fingerprint density at radius 3 is 0.800 bits per heavy atom. The Morgan fingerprint density at radius 2 is 0.517 bits per heavy atom. The van der Waals surface area contributed by atoms with Crippen molar-refractivity contribution in [1.82, 2.24) is 0 Å². The molecule has 0 saturated carbocycles. The Morgan fingerprint density at radius 1 is 0.283 bits per heavy atom. The lowest BCUT2D eigenvalue weighted by molar-refractivity contribution is 1.13. The van der Waals surface area contributed by atoms with Crippen LogP contribution in [-0.2, 0) is 23.6 Å². The fourth-order valence-electron chi connectivity index (χ4n) is 9.09. The van der Waals surface area contributed by atoms with E-state index >= 15 is 0 Å². The molecule has 0 spiro atoms. The van der Waals surface area contributed by atoms with Crippen LogP contribution in [0.4, 0.5) is 0 Å². The Hall–Kier alpha value is -5.29. The van der Waals surface area contributed by atoms with E-state index in [-0.39, 0.29) is 5.92 Å². The van der Waals surface area contributed by atoms with Crippen molar-refractivity contribution in [3.05, 3.63) is 275 Å². The lowest BCUT2D eigenvalue weighted by Gasteiger charge is -2.52. The van der Waals surface area contributed by atoms with E-state index in [1.54, 1.807) is 0 Å². The predicted octanol–water partition coefficient (Wildman–Crippen LogP) is 13.7. The van der Waals surface area contributed by atoms with Crippen LogP contribution in [0, 0.1) is 5.92 Å². The minimum atomic E-state index is -2.80. The molecule has 0 nitrogen and oxygen atoms in total. The minimum Gasteiger partial charge on any atom is -0.0825 e. The zero-order valence-corrected chi connectivity index (χ0v) is 37.1. The third-order valence-electron chi connectivity index (χ3n) is 11.6. The summed E-state index contributed by atoms with van der Waals surface area (Å²) in [6, 6.07) is 83.2. The van der Waals surface area contributed by atoms with E-state index in [2.05, 4.69) is 243 Å². The molecule has 3 heterocycles. The fourth-order valence-corrected chi connectivity index (χ4v) is 25.4. The van der Waals surface area contributed by atoms with Crippen LogP contribution in [0.2, 0.25) is 0 Å². The summed E-state index contributed by atoms with van der Waals surface area (Å²) in [5, 5.41) is 8.94. The smallest absolute Gasteiger partial charge is 0.0393 e. The highest BCUT2D eigenvalue weighted by Gasteiger charge is 2.54. The molecule has 60 heavy (non-hydrogen) atoms. The molecule has 0 fully saturated rings. The second-order valence-corrected chi connectivity index (χ2v) is 26.4. The van der Waals surface area contributed by atoms with E-state index in [1.165, 1.54) is 75.6 Å². The van der Waals surface area contributed by atoms with E-state index in [0.29, 0.717) is 0 Å². The second kappa shape index (κ2) is 16.6. The molecular weight excluding hydrogens is 818 g/mol. The first-order chi connectivity index (χ1) is 29.6. The van der Waals surface area contributed by atoms with E-state index in [9.17, 15) is 0 Å². The fraction of sp³-hybridized carbons (Fsp3) is 0.0182. The lowest BCUT2D eigenvalue weighted by Crippen LogP contribution is -2.29. The first kappa shape index (κ1) is 38.9. The van der Waals surface area contributed by atoms with Gasteiger partial charge in [-0.05, 0) is 73.4 Å².